The van der Waals surface area contributed by atoms with Crippen LogP contribution in [0, 0.1) is 0 Å². The van der Waals surface area contributed by atoms with Gasteiger partial charge in [0.05, 0.1) is 22.5 Å². The largest absolute Gasteiger partial charge is 0.349 e. The van der Waals surface area contributed by atoms with Crippen LogP contribution in [0.4, 0.5) is 11.4 Å². The SMILES string of the molecule is C=CCNC(=O)c1ccccc1NC(=O)CCCCC(=O)Nc1ccccc1C(=O)NCC=C. The molecule has 8 heteroatoms. The third kappa shape index (κ3) is 8.38. The van der Waals surface area contributed by atoms with Crippen molar-refractivity contribution in [1.29, 1.82) is 0 Å². The van der Waals surface area contributed by atoms with Crippen molar-refractivity contribution in [2.24, 2.45) is 0 Å². The van der Waals surface area contributed by atoms with E-state index in [2.05, 4.69) is 34.4 Å². The van der Waals surface area contributed by atoms with Crippen molar-refractivity contribution >= 4 is 35.0 Å². The molecule has 0 saturated carbocycles. The molecule has 2 aromatic carbocycles. The van der Waals surface area contributed by atoms with Gasteiger partial charge in [-0.3, -0.25) is 19.2 Å². The Morgan fingerprint density at radius 1 is 0.647 bits per heavy atom. The number of rotatable bonds is 13. The zero-order valence-electron chi connectivity index (χ0n) is 19.1. The Bertz CT molecular complexity index is 965. The lowest BCUT2D eigenvalue weighted by Gasteiger charge is -2.11. The number of anilines is 2. The molecule has 2 rings (SSSR count). The summed E-state index contributed by atoms with van der Waals surface area (Å²) in [6.45, 7) is 7.78. The maximum atomic E-state index is 12.3. The Labute approximate surface area is 199 Å². The molecule has 0 heterocycles. The highest BCUT2D eigenvalue weighted by atomic mass is 16.2. The van der Waals surface area contributed by atoms with Crippen LogP contribution in [-0.4, -0.2) is 36.7 Å². The Kier molecular flexibility index (Phi) is 10.8. The van der Waals surface area contributed by atoms with Crippen LogP contribution < -0.4 is 21.3 Å². The molecule has 4 N–H and O–H groups in total. The van der Waals surface area contributed by atoms with E-state index in [1.165, 1.54) is 0 Å². The first-order valence-electron chi connectivity index (χ1n) is 11.0. The number of carbonyl (C=O) groups excluding carboxylic acids is 4. The van der Waals surface area contributed by atoms with Gasteiger partial charge in [0.15, 0.2) is 0 Å². The zero-order valence-corrected chi connectivity index (χ0v) is 19.1. The molecule has 178 valence electrons. The van der Waals surface area contributed by atoms with Crippen LogP contribution in [0.1, 0.15) is 46.4 Å². The Morgan fingerprint density at radius 2 is 1.03 bits per heavy atom. The fourth-order valence-corrected chi connectivity index (χ4v) is 3.10. The van der Waals surface area contributed by atoms with Gasteiger partial charge in [-0.25, -0.2) is 0 Å². The highest BCUT2D eigenvalue weighted by Crippen LogP contribution is 2.17. The second-order valence-electron chi connectivity index (χ2n) is 7.39. The lowest BCUT2D eigenvalue weighted by Crippen LogP contribution is -2.25. The Morgan fingerprint density at radius 3 is 1.41 bits per heavy atom. The molecule has 0 aliphatic heterocycles. The molecule has 34 heavy (non-hydrogen) atoms. The number of hydrogen-bond donors (Lipinski definition) is 4. The molecule has 0 atom stereocenters. The predicted octanol–water partition coefficient (Wildman–Crippen LogP) is 3.66. The minimum atomic E-state index is -0.300. The molecule has 0 unspecified atom stereocenters. The van der Waals surface area contributed by atoms with Crippen molar-refractivity contribution in [2.75, 3.05) is 23.7 Å². The van der Waals surface area contributed by atoms with Crippen molar-refractivity contribution in [3.63, 3.8) is 0 Å². The third-order valence-electron chi connectivity index (χ3n) is 4.76. The van der Waals surface area contributed by atoms with E-state index >= 15 is 0 Å². The molecule has 2 aromatic rings. The minimum absolute atomic E-state index is 0.205. The Hall–Kier alpha value is -4.20. The predicted molar refractivity (Wildman–Crippen MR) is 134 cm³/mol. The van der Waals surface area contributed by atoms with Gasteiger partial charge >= 0.3 is 0 Å². The molecule has 4 amide bonds. The summed E-state index contributed by atoms with van der Waals surface area (Å²) in [4.78, 5) is 49.1. The molecule has 0 spiro atoms. The normalized spacial score (nSPS) is 10.0. The van der Waals surface area contributed by atoms with E-state index in [0.29, 0.717) is 48.4 Å². The number of carbonyl (C=O) groups is 4. The van der Waals surface area contributed by atoms with Crippen LogP contribution >= 0.6 is 0 Å². The molecule has 0 fully saturated rings. The van der Waals surface area contributed by atoms with Crippen molar-refractivity contribution in [3.8, 4) is 0 Å². The fourth-order valence-electron chi connectivity index (χ4n) is 3.10. The number of amides is 4. The third-order valence-corrected chi connectivity index (χ3v) is 4.76. The maximum Gasteiger partial charge on any atom is 0.253 e. The molecule has 0 aliphatic rings. The van der Waals surface area contributed by atoms with Gasteiger partial charge in [0.1, 0.15) is 0 Å². The van der Waals surface area contributed by atoms with E-state index in [4.69, 9.17) is 0 Å². The molecule has 8 nitrogen and oxygen atoms in total. The first-order chi connectivity index (χ1) is 16.5. The second kappa shape index (κ2) is 14.1. The van der Waals surface area contributed by atoms with E-state index in [1.807, 2.05) is 0 Å². The molecule has 0 radical (unpaired) electrons. The number of nitrogens with one attached hydrogen (secondary N) is 4. The molecular formula is C26H30N4O4. The van der Waals surface area contributed by atoms with Crippen LogP contribution in [0.2, 0.25) is 0 Å². The molecule has 0 saturated heterocycles. The van der Waals surface area contributed by atoms with Crippen molar-refractivity contribution in [3.05, 3.63) is 85.0 Å². The van der Waals surface area contributed by atoms with Gasteiger partial charge in [-0.05, 0) is 37.1 Å². The van der Waals surface area contributed by atoms with E-state index in [1.54, 1.807) is 60.7 Å². The summed E-state index contributed by atoms with van der Waals surface area (Å²) in [5.41, 5.74) is 1.59. The monoisotopic (exact) mass is 462 g/mol. The summed E-state index contributed by atoms with van der Waals surface area (Å²) < 4.78 is 0. The van der Waals surface area contributed by atoms with E-state index < -0.39 is 0 Å². The number of hydrogen-bond acceptors (Lipinski definition) is 4. The summed E-state index contributed by atoms with van der Waals surface area (Å²) in [6, 6.07) is 13.5. The van der Waals surface area contributed by atoms with E-state index in [9.17, 15) is 19.2 Å². The topological polar surface area (TPSA) is 116 Å². The van der Waals surface area contributed by atoms with Crippen molar-refractivity contribution < 1.29 is 19.2 Å². The lowest BCUT2D eigenvalue weighted by atomic mass is 10.1. The van der Waals surface area contributed by atoms with Crippen molar-refractivity contribution in [2.45, 2.75) is 25.7 Å². The smallest absolute Gasteiger partial charge is 0.253 e. The highest BCUT2D eigenvalue weighted by molar-refractivity contribution is 6.04. The average molecular weight is 463 g/mol. The molecule has 0 aliphatic carbocycles. The first-order valence-corrected chi connectivity index (χ1v) is 11.0. The standard InChI is InChI=1S/C26H30N4O4/c1-3-17-27-25(33)19-11-5-7-13-21(19)29-23(31)15-9-10-16-24(32)30-22-14-8-6-12-20(22)26(34)28-18-4-2/h3-8,11-14H,1-2,9-10,15-18H2,(H,27,33)(H,28,34)(H,29,31)(H,30,32). The second-order valence-corrected chi connectivity index (χ2v) is 7.39. The number of unbranched alkanes of at least 4 members (excludes halogenated alkanes) is 1. The van der Waals surface area contributed by atoms with Gasteiger partial charge in [-0.1, -0.05) is 36.4 Å². The van der Waals surface area contributed by atoms with Crippen LogP contribution in [0.15, 0.2) is 73.8 Å². The van der Waals surface area contributed by atoms with E-state index in [-0.39, 0.29) is 36.5 Å². The molecule has 0 aromatic heterocycles. The van der Waals surface area contributed by atoms with Crippen LogP contribution in [0.25, 0.3) is 0 Å². The average Bonchev–Trinajstić information content (AvgIpc) is 2.84. The summed E-state index contributed by atoms with van der Waals surface area (Å²) in [6.07, 6.45) is 4.54. The van der Waals surface area contributed by atoms with Crippen molar-refractivity contribution in [1.82, 2.24) is 10.6 Å². The lowest BCUT2D eigenvalue weighted by molar-refractivity contribution is -0.118. The van der Waals surface area contributed by atoms with E-state index in [0.717, 1.165) is 0 Å². The number of benzene rings is 2. The summed E-state index contributed by atoms with van der Waals surface area (Å²) in [5, 5.41) is 10.9. The van der Waals surface area contributed by atoms with Crippen LogP contribution in [-0.2, 0) is 9.59 Å². The fraction of sp³-hybridized carbons (Fsp3) is 0.231. The van der Waals surface area contributed by atoms with Gasteiger partial charge in [-0.2, -0.15) is 0 Å². The zero-order chi connectivity index (χ0) is 24.8. The quantitative estimate of drug-likeness (QED) is 0.268. The first kappa shape index (κ1) is 26.1. The van der Waals surface area contributed by atoms with Crippen LogP contribution in [0.3, 0.4) is 0 Å². The molecular weight excluding hydrogens is 432 g/mol. The summed E-state index contributed by atoms with van der Waals surface area (Å²) >= 11 is 0. The van der Waals surface area contributed by atoms with Gasteiger partial charge < -0.3 is 21.3 Å². The molecule has 0 bridgehead atoms. The van der Waals surface area contributed by atoms with Gasteiger partial charge in [0, 0.05) is 25.9 Å². The summed E-state index contributed by atoms with van der Waals surface area (Å²) in [5.74, 6) is -1.08. The van der Waals surface area contributed by atoms with Gasteiger partial charge in [-0.15, -0.1) is 13.2 Å². The Balaban J connectivity index is 1.81. The van der Waals surface area contributed by atoms with Gasteiger partial charge in [0.2, 0.25) is 11.8 Å². The minimum Gasteiger partial charge on any atom is -0.349 e. The maximum absolute atomic E-state index is 12.3. The highest BCUT2D eigenvalue weighted by Gasteiger charge is 2.14. The van der Waals surface area contributed by atoms with Gasteiger partial charge in [0.25, 0.3) is 11.8 Å². The summed E-state index contributed by atoms with van der Waals surface area (Å²) in [7, 11) is 0. The number of para-hydroxylation sites is 2. The van der Waals surface area contributed by atoms with Crippen LogP contribution in [0.5, 0.6) is 0 Å².